The van der Waals surface area contributed by atoms with Gasteiger partial charge in [0, 0.05) is 22.1 Å². The van der Waals surface area contributed by atoms with Crippen LogP contribution in [0.5, 0.6) is 0 Å². The first-order valence-corrected chi connectivity index (χ1v) is 20.4. The molecule has 1 heterocycles. The van der Waals surface area contributed by atoms with E-state index in [1.165, 1.54) is 66.2 Å². The maximum atomic E-state index is 5.31. The molecule has 0 aliphatic heterocycles. The second kappa shape index (κ2) is 13.9. The van der Waals surface area contributed by atoms with Crippen LogP contribution in [0.1, 0.15) is 25.0 Å². The molecule has 0 saturated heterocycles. The van der Waals surface area contributed by atoms with E-state index in [-0.39, 0.29) is 5.41 Å². The topological polar surface area (TPSA) is 25.8 Å². The fourth-order valence-electron chi connectivity index (χ4n) is 9.45. The van der Waals surface area contributed by atoms with Gasteiger partial charge in [0.1, 0.15) is 0 Å². The lowest BCUT2D eigenvalue weighted by Crippen LogP contribution is -2.16. The molecule has 0 radical (unpaired) electrons. The van der Waals surface area contributed by atoms with E-state index in [9.17, 15) is 0 Å². The summed E-state index contributed by atoms with van der Waals surface area (Å²) < 4.78 is 0. The molecule has 1 aliphatic rings. The van der Waals surface area contributed by atoms with E-state index in [2.05, 4.69) is 214 Å². The van der Waals surface area contributed by atoms with Gasteiger partial charge in [-0.2, -0.15) is 0 Å². The van der Waals surface area contributed by atoms with Crippen molar-refractivity contribution in [2.24, 2.45) is 0 Å². The van der Waals surface area contributed by atoms with E-state index in [0.29, 0.717) is 5.82 Å². The molecular formula is C57H40N2. The Morgan fingerprint density at radius 3 is 1.63 bits per heavy atom. The minimum Gasteiger partial charge on any atom is -0.228 e. The van der Waals surface area contributed by atoms with Crippen molar-refractivity contribution in [3.63, 3.8) is 0 Å². The van der Waals surface area contributed by atoms with Gasteiger partial charge in [-0.15, -0.1) is 0 Å². The van der Waals surface area contributed by atoms with Gasteiger partial charge in [0.05, 0.1) is 11.4 Å². The zero-order valence-electron chi connectivity index (χ0n) is 33.0. The van der Waals surface area contributed by atoms with E-state index in [1.807, 2.05) is 6.07 Å². The smallest absolute Gasteiger partial charge is 0.161 e. The summed E-state index contributed by atoms with van der Waals surface area (Å²) in [5.74, 6) is 0.706. The number of rotatable bonds is 6. The molecule has 0 unspecified atom stereocenters. The third-order valence-corrected chi connectivity index (χ3v) is 12.3. The molecule has 11 rings (SSSR count). The number of hydrogen-bond donors (Lipinski definition) is 0. The van der Waals surface area contributed by atoms with Crippen LogP contribution in [-0.4, -0.2) is 9.97 Å². The van der Waals surface area contributed by atoms with Crippen molar-refractivity contribution in [2.45, 2.75) is 19.3 Å². The van der Waals surface area contributed by atoms with Crippen LogP contribution in [0.3, 0.4) is 0 Å². The van der Waals surface area contributed by atoms with Gasteiger partial charge < -0.3 is 0 Å². The van der Waals surface area contributed by atoms with Gasteiger partial charge in [0.25, 0.3) is 0 Å². The Balaban J connectivity index is 1.04. The summed E-state index contributed by atoms with van der Waals surface area (Å²) in [6, 6.07) is 74.2. The summed E-state index contributed by atoms with van der Waals surface area (Å²) in [6.45, 7) is 4.76. The van der Waals surface area contributed by atoms with Gasteiger partial charge in [0.15, 0.2) is 5.82 Å². The van der Waals surface area contributed by atoms with Gasteiger partial charge in [-0.1, -0.05) is 196 Å². The molecule has 0 fully saturated rings. The number of aromatic nitrogens is 2. The van der Waals surface area contributed by atoms with Gasteiger partial charge >= 0.3 is 0 Å². The van der Waals surface area contributed by atoms with Crippen LogP contribution in [0.2, 0.25) is 0 Å². The maximum absolute atomic E-state index is 5.31. The summed E-state index contributed by atoms with van der Waals surface area (Å²) in [5, 5.41) is 4.89. The minimum absolute atomic E-state index is 0.147. The molecule has 1 aliphatic carbocycles. The number of fused-ring (bicyclic) bond motifs is 6. The average molecular weight is 753 g/mol. The molecular weight excluding hydrogens is 713 g/mol. The Bertz CT molecular complexity index is 3230. The molecule has 0 saturated carbocycles. The first kappa shape index (κ1) is 34.8. The van der Waals surface area contributed by atoms with Crippen LogP contribution in [0.15, 0.2) is 206 Å². The Labute approximate surface area is 345 Å². The second-order valence-electron chi connectivity index (χ2n) is 16.1. The van der Waals surface area contributed by atoms with Crippen molar-refractivity contribution < 1.29 is 0 Å². The van der Waals surface area contributed by atoms with Crippen molar-refractivity contribution in [1.29, 1.82) is 0 Å². The highest BCUT2D eigenvalue weighted by atomic mass is 14.9. The molecule has 2 heteroatoms. The average Bonchev–Trinajstić information content (AvgIpc) is 3.55. The lowest BCUT2D eigenvalue weighted by Gasteiger charge is -2.25. The maximum Gasteiger partial charge on any atom is 0.161 e. The molecule has 9 aromatic carbocycles. The highest BCUT2D eigenvalue weighted by molar-refractivity contribution is 6.06. The number of hydrogen-bond acceptors (Lipinski definition) is 2. The SMILES string of the molecule is CC1(C)c2ccc3ccccc3c2-c2cccc(-c3cccc(-c4ccc(-c5nc(-c6ccccc6)cc(-c6cccc(-c7ccccc7)c6)n5)c5ccccc45)c3)c21. The first-order chi connectivity index (χ1) is 29.0. The van der Waals surface area contributed by atoms with Crippen LogP contribution < -0.4 is 0 Å². The molecule has 0 N–H and O–H groups in total. The summed E-state index contributed by atoms with van der Waals surface area (Å²) >= 11 is 0. The third-order valence-electron chi connectivity index (χ3n) is 12.3. The van der Waals surface area contributed by atoms with Crippen molar-refractivity contribution in [1.82, 2.24) is 9.97 Å². The lowest BCUT2D eigenvalue weighted by atomic mass is 9.78. The van der Waals surface area contributed by atoms with Crippen LogP contribution in [0.4, 0.5) is 0 Å². The Hall–Kier alpha value is -7.42. The lowest BCUT2D eigenvalue weighted by molar-refractivity contribution is 0.662. The van der Waals surface area contributed by atoms with E-state index in [0.717, 1.165) is 39.0 Å². The van der Waals surface area contributed by atoms with E-state index in [4.69, 9.17) is 9.97 Å². The molecule has 0 amide bonds. The predicted molar refractivity (Wildman–Crippen MR) is 247 cm³/mol. The van der Waals surface area contributed by atoms with Gasteiger partial charge in [-0.25, -0.2) is 9.97 Å². The highest BCUT2D eigenvalue weighted by Gasteiger charge is 2.38. The molecule has 0 atom stereocenters. The Morgan fingerprint density at radius 2 is 0.864 bits per heavy atom. The summed E-state index contributed by atoms with van der Waals surface area (Å²) in [7, 11) is 0. The third kappa shape index (κ3) is 5.87. The summed E-state index contributed by atoms with van der Waals surface area (Å²) in [6.07, 6.45) is 0. The molecule has 278 valence electrons. The molecule has 59 heavy (non-hydrogen) atoms. The van der Waals surface area contributed by atoms with Crippen molar-refractivity contribution in [2.75, 3.05) is 0 Å². The fourth-order valence-corrected chi connectivity index (χ4v) is 9.45. The normalized spacial score (nSPS) is 12.7. The van der Waals surface area contributed by atoms with Gasteiger partial charge in [-0.3, -0.25) is 0 Å². The van der Waals surface area contributed by atoms with Crippen molar-refractivity contribution in [3.05, 3.63) is 217 Å². The van der Waals surface area contributed by atoms with Crippen LogP contribution >= 0.6 is 0 Å². The number of nitrogens with zero attached hydrogens (tertiary/aromatic N) is 2. The van der Waals surface area contributed by atoms with Crippen LogP contribution in [0.25, 0.3) is 100.0 Å². The standard InChI is InChI=1S/C57H40N2/c1-57(2)51-33-30-38-18-9-10-25-45(38)54(51)50-29-15-28-46(55(50)57)42-23-14-22-41(35-42)44-31-32-49(48-27-12-11-26-47(44)48)56-58-52(39-19-7-4-8-20-39)36-53(59-56)43-24-13-21-40(34-43)37-16-5-3-6-17-37/h3-36H,1-2H3. The molecule has 0 spiro atoms. The zero-order valence-corrected chi connectivity index (χ0v) is 33.0. The molecule has 0 bridgehead atoms. The van der Waals surface area contributed by atoms with Crippen LogP contribution in [0, 0.1) is 0 Å². The number of benzene rings is 9. The van der Waals surface area contributed by atoms with Crippen molar-refractivity contribution >= 4 is 21.5 Å². The Morgan fingerprint density at radius 1 is 0.339 bits per heavy atom. The zero-order chi connectivity index (χ0) is 39.5. The first-order valence-electron chi connectivity index (χ1n) is 20.4. The van der Waals surface area contributed by atoms with Gasteiger partial charge in [-0.05, 0) is 101 Å². The van der Waals surface area contributed by atoms with E-state index < -0.39 is 0 Å². The van der Waals surface area contributed by atoms with E-state index >= 15 is 0 Å². The summed E-state index contributed by atoms with van der Waals surface area (Å²) in [4.78, 5) is 10.6. The molecule has 2 nitrogen and oxygen atoms in total. The van der Waals surface area contributed by atoms with Crippen LogP contribution in [-0.2, 0) is 5.41 Å². The minimum atomic E-state index is -0.147. The molecule has 10 aromatic rings. The summed E-state index contributed by atoms with van der Waals surface area (Å²) in [5.41, 5.74) is 17.4. The molecule has 1 aromatic heterocycles. The van der Waals surface area contributed by atoms with E-state index in [1.54, 1.807) is 0 Å². The quantitative estimate of drug-likeness (QED) is 0.169. The van der Waals surface area contributed by atoms with Gasteiger partial charge in [0.2, 0.25) is 0 Å². The highest BCUT2D eigenvalue weighted by Crippen LogP contribution is 2.54. The monoisotopic (exact) mass is 752 g/mol. The largest absolute Gasteiger partial charge is 0.228 e. The fraction of sp³-hybridized carbons (Fsp3) is 0.0526. The Kier molecular flexibility index (Phi) is 8.20. The van der Waals surface area contributed by atoms with Crippen molar-refractivity contribution in [3.8, 4) is 78.4 Å². The second-order valence-corrected chi connectivity index (χ2v) is 16.1. The predicted octanol–water partition coefficient (Wildman–Crippen LogP) is 15.1.